The van der Waals surface area contributed by atoms with Gasteiger partial charge in [0.1, 0.15) is 0 Å². The van der Waals surface area contributed by atoms with E-state index in [1.807, 2.05) is 0 Å². The fourth-order valence-corrected chi connectivity index (χ4v) is 1.55. The molecular weight excluding hydrogens is 126 g/mol. The van der Waals surface area contributed by atoms with Gasteiger partial charge in [-0.15, -0.1) is 0 Å². The second kappa shape index (κ2) is 1.95. The zero-order chi connectivity index (χ0) is 7.99. The second-order valence-corrected chi connectivity index (χ2v) is 3.97. The van der Waals surface area contributed by atoms with Crippen LogP contribution >= 0.6 is 0 Å². The van der Waals surface area contributed by atoms with Crippen molar-refractivity contribution in [1.29, 1.82) is 0 Å². The number of hydrogen-bond acceptors (Lipinski definition) is 2. The van der Waals surface area contributed by atoms with E-state index in [0.717, 1.165) is 6.42 Å². The highest BCUT2D eigenvalue weighted by atomic mass is 16.5. The third-order valence-electron chi connectivity index (χ3n) is 3.35. The normalized spacial score (nSPS) is 44.7. The molecule has 0 aliphatic heterocycles. The van der Waals surface area contributed by atoms with Crippen LogP contribution in [0.1, 0.15) is 27.2 Å². The van der Waals surface area contributed by atoms with Crippen molar-refractivity contribution in [1.82, 2.24) is 0 Å². The number of methoxy groups -OCH3 is 1. The van der Waals surface area contributed by atoms with Crippen molar-refractivity contribution in [3.8, 4) is 0 Å². The van der Waals surface area contributed by atoms with Crippen LogP contribution in [-0.4, -0.2) is 18.8 Å². The number of ether oxygens (including phenoxy) is 1. The first kappa shape index (κ1) is 8.02. The van der Waals surface area contributed by atoms with Crippen LogP contribution in [0.4, 0.5) is 0 Å². The predicted octanol–water partition coefficient (Wildman–Crippen LogP) is 1.15. The standard InChI is InChI=1S/C8H17NO/c1-7(2)6(9)5-8(7,3)10-4/h6H,5,9H2,1-4H3/t6-,8+/m1/s1. The molecule has 2 N–H and O–H groups in total. The SMILES string of the molecule is CO[C@@]1(C)C[C@@H](N)C1(C)C. The molecule has 1 aliphatic carbocycles. The van der Waals surface area contributed by atoms with Gasteiger partial charge in [0.2, 0.25) is 0 Å². The van der Waals surface area contributed by atoms with Crippen molar-refractivity contribution < 1.29 is 4.74 Å². The molecule has 1 fully saturated rings. The molecule has 0 saturated heterocycles. The molecule has 0 aromatic rings. The van der Waals surface area contributed by atoms with Gasteiger partial charge in [-0.2, -0.15) is 0 Å². The topological polar surface area (TPSA) is 35.2 Å². The summed E-state index contributed by atoms with van der Waals surface area (Å²) in [5, 5.41) is 0. The largest absolute Gasteiger partial charge is 0.378 e. The molecule has 0 radical (unpaired) electrons. The van der Waals surface area contributed by atoms with Crippen LogP contribution in [-0.2, 0) is 4.74 Å². The van der Waals surface area contributed by atoms with E-state index < -0.39 is 0 Å². The smallest absolute Gasteiger partial charge is 0.0731 e. The van der Waals surface area contributed by atoms with E-state index in [1.54, 1.807) is 7.11 Å². The van der Waals surface area contributed by atoms with Crippen molar-refractivity contribution >= 4 is 0 Å². The van der Waals surface area contributed by atoms with E-state index in [-0.39, 0.29) is 11.0 Å². The van der Waals surface area contributed by atoms with E-state index >= 15 is 0 Å². The van der Waals surface area contributed by atoms with Gasteiger partial charge >= 0.3 is 0 Å². The highest BCUT2D eigenvalue weighted by Crippen LogP contribution is 2.50. The molecule has 0 spiro atoms. The zero-order valence-corrected chi connectivity index (χ0v) is 7.27. The van der Waals surface area contributed by atoms with Crippen LogP contribution in [0.5, 0.6) is 0 Å². The van der Waals surface area contributed by atoms with Crippen LogP contribution in [0.2, 0.25) is 0 Å². The molecule has 2 heteroatoms. The van der Waals surface area contributed by atoms with Crippen LogP contribution < -0.4 is 5.73 Å². The van der Waals surface area contributed by atoms with Crippen molar-refractivity contribution in [2.45, 2.75) is 38.8 Å². The summed E-state index contributed by atoms with van der Waals surface area (Å²) in [6, 6.07) is 0.303. The quantitative estimate of drug-likeness (QED) is 0.597. The first-order chi connectivity index (χ1) is 4.44. The Morgan fingerprint density at radius 1 is 1.40 bits per heavy atom. The fourth-order valence-electron chi connectivity index (χ4n) is 1.55. The number of rotatable bonds is 1. The number of nitrogens with two attached hydrogens (primary N) is 1. The molecule has 2 nitrogen and oxygen atoms in total. The minimum Gasteiger partial charge on any atom is -0.378 e. The Kier molecular flexibility index (Phi) is 1.57. The Bertz CT molecular complexity index is 141. The summed E-state index contributed by atoms with van der Waals surface area (Å²) in [5.74, 6) is 0. The van der Waals surface area contributed by atoms with Crippen molar-refractivity contribution in [2.24, 2.45) is 11.1 Å². The van der Waals surface area contributed by atoms with Crippen molar-refractivity contribution in [3.63, 3.8) is 0 Å². The van der Waals surface area contributed by atoms with Gasteiger partial charge in [-0.3, -0.25) is 0 Å². The molecule has 0 aromatic heterocycles. The van der Waals surface area contributed by atoms with Gasteiger partial charge in [-0.25, -0.2) is 0 Å². The predicted molar refractivity (Wildman–Crippen MR) is 41.8 cm³/mol. The average Bonchev–Trinajstić information content (AvgIpc) is 1.88. The van der Waals surface area contributed by atoms with E-state index in [2.05, 4.69) is 20.8 Å². The maximum Gasteiger partial charge on any atom is 0.0731 e. The van der Waals surface area contributed by atoms with Crippen LogP contribution in [0.3, 0.4) is 0 Å². The van der Waals surface area contributed by atoms with Gasteiger partial charge in [0.15, 0.2) is 0 Å². The molecule has 0 heterocycles. The lowest BCUT2D eigenvalue weighted by Crippen LogP contribution is -2.66. The van der Waals surface area contributed by atoms with Crippen LogP contribution in [0.25, 0.3) is 0 Å². The Labute approximate surface area is 62.7 Å². The number of hydrogen-bond donors (Lipinski definition) is 1. The highest BCUT2D eigenvalue weighted by Gasteiger charge is 2.55. The summed E-state index contributed by atoms with van der Waals surface area (Å²) in [6.07, 6.45) is 0.983. The summed E-state index contributed by atoms with van der Waals surface area (Å²) in [4.78, 5) is 0. The van der Waals surface area contributed by atoms with Crippen LogP contribution in [0.15, 0.2) is 0 Å². The summed E-state index contributed by atoms with van der Waals surface area (Å²) in [6.45, 7) is 6.44. The summed E-state index contributed by atoms with van der Waals surface area (Å²) in [5.41, 5.74) is 5.97. The summed E-state index contributed by atoms with van der Waals surface area (Å²) < 4.78 is 5.38. The molecule has 2 atom stereocenters. The van der Waals surface area contributed by atoms with E-state index in [0.29, 0.717) is 6.04 Å². The van der Waals surface area contributed by atoms with E-state index in [9.17, 15) is 0 Å². The van der Waals surface area contributed by atoms with E-state index in [1.165, 1.54) is 0 Å². The van der Waals surface area contributed by atoms with Gasteiger partial charge in [0.05, 0.1) is 5.60 Å². The minimum absolute atomic E-state index is 0.00637. The summed E-state index contributed by atoms with van der Waals surface area (Å²) in [7, 11) is 1.76. The highest BCUT2D eigenvalue weighted by molar-refractivity contribution is 5.09. The second-order valence-electron chi connectivity index (χ2n) is 3.97. The van der Waals surface area contributed by atoms with Crippen LogP contribution in [0, 0.1) is 5.41 Å². The van der Waals surface area contributed by atoms with Gasteiger partial charge in [0.25, 0.3) is 0 Å². The summed E-state index contributed by atoms with van der Waals surface area (Å²) >= 11 is 0. The minimum atomic E-state index is 0.00637. The third-order valence-corrected chi connectivity index (χ3v) is 3.35. The first-order valence-electron chi connectivity index (χ1n) is 3.75. The molecule has 1 rings (SSSR count). The molecule has 0 amide bonds. The maximum atomic E-state index is 5.83. The maximum absolute atomic E-state index is 5.83. The van der Waals surface area contributed by atoms with Crippen molar-refractivity contribution in [3.05, 3.63) is 0 Å². The first-order valence-corrected chi connectivity index (χ1v) is 3.75. The lowest BCUT2D eigenvalue weighted by molar-refractivity contribution is -0.171. The molecular formula is C8H17NO. The fraction of sp³-hybridized carbons (Fsp3) is 1.00. The van der Waals surface area contributed by atoms with Gasteiger partial charge in [0, 0.05) is 18.6 Å². The lowest BCUT2D eigenvalue weighted by Gasteiger charge is -2.57. The Morgan fingerprint density at radius 3 is 2.00 bits per heavy atom. The van der Waals surface area contributed by atoms with Gasteiger partial charge in [-0.05, 0) is 13.3 Å². The molecule has 10 heavy (non-hydrogen) atoms. The van der Waals surface area contributed by atoms with Gasteiger partial charge < -0.3 is 10.5 Å². The Hall–Kier alpha value is -0.0800. The van der Waals surface area contributed by atoms with Gasteiger partial charge in [-0.1, -0.05) is 13.8 Å². The lowest BCUT2D eigenvalue weighted by atomic mass is 9.56. The Morgan fingerprint density at radius 2 is 1.90 bits per heavy atom. The average molecular weight is 143 g/mol. The van der Waals surface area contributed by atoms with E-state index in [4.69, 9.17) is 10.5 Å². The third kappa shape index (κ3) is 0.722. The molecule has 0 unspecified atom stereocenters. The Balaban J connectivity index is 2.70. The molecule has 0 bridgehead atoms. The molecule has 60 valence electrons. The molecule has 0 aromatic carbocycles. The molecule has 1 aliphatic rings. The monoisotopic (exact) mass is 143 g/mol. The zero-order valence-electron chi connectivity index (χ0n) is 7.27. The molecule has 1 saturated carbocycles. The van der Waals surface area contributed by atoms with Crippen molar-refractivity contribution in [2.75, 3.05) is 7.11 Å².